The summed E-state index contributed by atoms with van der Waals surface area (Å²) in [6.07, 6.45) is 0.400. The number of carbonyl (C=O) groups excluding carboxylic acids is 2. The predicted molar refractivity (Wildman–Crippen MR) is 62.6 cm³/mol. The Bertz CT molecular complexity index is 276. The number of amides is 1. The van der Waals surface area contributed by atoms with Gasteiger partial charge >= 0.3 is 5.97 Å². The van der Waals surface area contributed by atoms with E-state index >= 15 is 0 Å². The monoisotopic (exact) mass is 229 g/mol. The molecule has 2 N–H and O–H groups in total. The van der Waals surface area contributed by atoms with Crippen molar-refractivity contribution >= 4 is 11.9 Å². The molecule has 0 fully saturated rings. The fraction of sp³-hybridized carbons (Fsp3) is 0.833. The van der Waals surface area contributed by atoms with E-state index in [1.807, 2.05) is 20.8 Å². The molecule has 0 aliphatic heterocycles. The Kier molecular flexibility index (Phi) is 4.53. The van der Waals surface area contributed by atoms with Crippen molar-refractivity contribution in [3.05, 3.63) is 0 Å². The molecule has 16 heavy (non-hydrogen) atoms. The first-order chi connectivity index (χ1) is 6.96. The van der Waals surface area contributed by atoms with Crippen LogP contribution in [0, 0.1) is 11.3 Å². The van der Waals surface area contributed by atoms with E-state index in [9.17, 15) is 9.59 Å². The van der Waals surface area contributed by atoms with E-state index in [1.165, 1.54) is 0 Å². The fourth-order valence-electron chi connectivity index (χ4n) is 1.37. The first kappa shape index (κ1) is 14.9. The van der Waals surface area contributed by atoms with Crippen LogP contribution in [0.15, 0.2) is 0 Å². The van der Waals surface area contributed by atoms with Crippen LogP contribution in [0.5, 0.6) is 0 Å². The molecule has 0 aliphatic carbocycles. The normalized spacial score (nSPS) is 14.4. The molecule has 0 aromatic carbocycles. The van der Waals surface area contributed by atoms with Gasteiger partial charge < -0.3 is 10.5 Å². The Morgan fingerprint density at radius 1 is 1.19 bits per heavy atom. The maximum atomic E-state index is 11.9. The maximum absolute atomic E-state index is 11.9. The van der Waals surface area contributed by atoms with Crippen LogP contribution in [0.2, 0.25) is 0 Å². The molecule has 1 atom stereocenters. The number of hydrogen-bond acceptors (Lipinski definition) is 3. The Labute approximate surface area is 97.5 Å². The van der Waals surface area contributed by atoms with Gasteiger partial charge in [-0.15, -0.1) is 0 Å². The van der Waals surface area contributed by atoms with E-state index in [1.54, 1.807) is 20.8 Å². The SMILES string of the molecule is CC(CC(C)(C)C(=O)OC(C)(C)C)C(N)=O. The first-order valence-electron chi connectivity index (χ1n) is 5.48. The highest BCUT2D eigenvalue weighted by Gasteiger charge is 2.34. The van der Waals surface area contributed by atoms with Crippen LogP contribution in [-0.4, -0.2) is 17.5 Å². The van der Waals surface area contributed by atoms with Crippen molar-refractivity contribution in [3.63, 3.8) is 0 Å². The summed E-state index contributed by atoms with van der Waals surface area (Å²) in [5.41, 5.74) is 3.98. The van der Waals surface area contributed by atoms with Crippen LogP contribution in [0.1, 0.15) is 48.0 Å². The second-order valence-corrected chi connectivity index (χ2v) is 5.89. The Hall–Kier alpha value is -1.06. The van der Waals surface area contributed by atoms with E-state index in [0.717, 1.165) is 0 Å². The van der Waals surface area contributed by atoms with Crippen LogP contribution in [0.3, 0.4) is 0 Å². The van der Waals surface area contributed by atoms with Gasteiger partial charge in [-0.3, -0.25) is 9.59 Å². The lowest BCUT2D eigenvalue weighted by Crippen LogP contribution is -2.36. The van der Waals surface area contributed by atoms with E-state index < -0.39 is 16.9 Å². The maximum Gasteiger partial charge on any atom is 0.312 e. The zero-order chi connectivity index (χ0) is 13.1. The Morgan fingerprint density at radius 2 is 1.62 bits per heavy atom. The second-order valence-electron chi connectivity index (χ2n) is 5.89. The third-order valence-corrected chi connectivity index (χ3v) is 2.25. The third kappa shape index (κ3) is 5.14. The Balaban J connectivity index is 4.54. The van der Waals surface area contributed by atoms with E-state index in [-0.39, 0.29) is 11.9 Å². The minimum Gasteiger partial charge on any atom is -0.460 e. The van der Waals surface area contributed by atoms with Gasteiger partial charge in [-0.2, -0.15) is 0 Å². The molecule has 1 unspecified atom stereocenters. The molecular weight excluding hydrogens is 206 g/mol. The summed E-state index contributed by atoms with van der Waals surface area (Å²) in [6, 6.07) is 0. The highest BCUT2D eigenvalue weighted by atomic mass is 16.6. The summed E-state index contributed by atoms with van der Waals surface area (Å²) in [6.45, 7) is 10.7. The number of hydrogen-bond donors (Lipinski definition) is 1. The van der Waals surface area contributed by atoms with E-state index in [2.05, 4.69) is 0 Å². The van der Waals surface area contributed by atoms with Crippen LogP contribution in [0.4, 0.5) is 0 Å². The lowest BCUT2D eigenvalue weighted by molar-refractivity contribution is -0.166. The summed E-state index contributed by atoms with van der Waals surface area (Å²) in [5, 5.41) is 0. The molecular formula is C12H23NO3. The summed E-state index contributed by atoms with van der Waals surface area (Å²) in [4.78, 5) is 22.8. The van der Waals surface area contributed by atoms with Gasteiger partial charge in [-0.05, 0) is 41.0 Å². The molecule has 4 nitrogen and oxygen atoms in total. The summed E-state index contributed by atoms with van der Waals surface area (Å²) >= 11 is 0. The van der Waals surface area contributed by atoms with Gasteiger partial charge in [0.15, 0.2) is 0 Å². The third-order valence-electron chi connectivity index (χ3n) is 2.25. The quantitative estimate of drug-likeness (QED) is 0.748. The first-order valence-corrected chi connectivity index (χ1v) is 5.48. The predicted octanol–water partition coefficient (Wildman–Crippen LogP) is 1.87. The fourth-order valence-corrected chi connectivity index (χ4v) is 1.37. The molecule has 0 rings (SSSR count). The molecule has 0 aliphatic rings. The number of nitrogens with two attached hydrogens (primary N) is 1. The van der Waals surface area contributed by atoms with Crippen LogP contribution < -0.4 is 5.73 Å². The lowest BCUT2D eigenvalue weighted by atomic mass is 9.83. The number of primary amides is 1. The molecule has 0 heterocycles. The van der Waals surface area contributed by atoms with Crippen LogP contribution >= 0.6 is 0 Å². The summed E-state index contributed by atoms with van der Waals surface area (Å²) in [5.74, 6) is -1.02. The standard InChI is InChI=1S/C12H23NO3/c1-8(9(13)14)7-12(5,6)10(15)16-11(2,3)4/h8H,7H2,1-6H3,(H2,13,14). The smallest absolute Gasteiger partial charge is 0.312 e. The van der Waals surface area contributed by atoms with Crippen molar-refractivity contribution in [2.75, 3.05) is 0 Å². The van der Waals surface area contributed by atoms with E-state index in [4.69, 9.17) is 10.5 Å². The summed E-state index contributed by atoms with van der Waals surface area (Å²) in [7, 11) is 0. The van der Waals surface area contributed by atoms with Gasteiger partial charge in [-0.25, -0.2) is 0 Å². The van der Waals surface area contributed by atoms with Crippen molar-refractivity contribution in [1.29, 1.82) is 0 Å². The highest BCUT2D eigenvalue weighted by molar-refractivity contribution is 5.80. The molecule has 0 aromatic rings. The number of rotatable bonds is 4. The highest BCUT2D eigenvalue weighted by Crippen LogP contribution is 2.28. The minimum atomic E-state index is -0.693. The molecule has 4 heteroatoms. The molecule has 94 valence electrons. The molecule has 1 amide bonds. The zero-order valence-electron chi connectivity index (χ0n) is 11.1. The topological polar surface area (TPSA) is 69.4 Å². The van der Waals surface area contributed by atoms with Crippen molar-refractivity contribution in [3.8, 4) is 0 Å². The van der Waals surface area contributed by atoms with Gasteiger partial charge in [0.1, 0.15) is 5.60 Å². The molecule has 0 bridgehead atoms. The molecule has 0 radical (unpaired) electrons. The Morgan fingerprint density at radius 3 is 1.94 bits per heavy atom. The molecule has 0 saturated carbocycles. The molecule has 0 aromatic heterocycles. The van der Waals surface area contributed by atoms with Crippen molar-refractivity contribution in [2.24, 2.45) is 17.1 Å². The van der Waals surface area contributed by atoms with Gasteiger partial charge in [0.05, 0.1) is 5.41 Å². The molecule has 0 spiro atoms. The average Bonchev–Trinajstić information content (AvgIpc) is 1.99. The largest absolute Gasteiger partial charge is 0.460 e. The van der Waals surface area contributed by atoms with E-state index in [0.29, 0.717) is 6.42 Å². The number of carbonyl (C=O) groups is 2. The van der Waals surface area contributed by atoms with Crippen LogP contribution in [0.25, 0.3) is 0 Å². The molecule has 0 saturated heterocycles. The number of esters is 1. The summed E-state index contributed by atoms with van der Waals surface area (Å²) < 4.78 is 5.29. The van der Waals surface area contributed by atoms with Crippen molar-refractivity contribution in [2.45, 2.75) is 53.6 Å². The van der Waals surface area contributed by atoms with Gasteiger partial charge in [-0.1, -0.05) is 6.92 Å². The van der Waals surface area contributed by atoms with Crippen molar-refractivity contribution in [1.82, 2.24) is 0 Å². The van der Waals surface area contributed by atoms with Crippen molar-refractivity contribution < 1.29 is 14.3 Å². The van der Waals surface area contributed by atoms with Gasteiger partial charge in [0, 0.05) is 5.92 Å². The second kappa shape index (κ2) is 4.85. The number of ether oxygens (including phenoxy) is 1. The van der Waals surface area contributed by atoms with Crippen LogP contribution in [-0.2, 0) is 14.3 Å². The zero-order valence-corrected chi connectivity index (χ0v) is 11.1. The minimum absolute atomic E-state index is 0.298. The average molecular weight is 229 g/mol. The van der Waals surface area contributed by atoms with Gasteiger partial charge in [0.25, 0.3) is 0 Å². The lowest BCUT2D eigenvalue weighted by Gasteiger charge is -2.29. The van der Waals surface area contributed by atoms with Gasteiger partial charge in [0.2, 0.25) is 5.91 Å².